The molecule has 0 unspecified atom stereocenters. The van der Waals surface area contributed by atoms with Gasteiger partial charge in [-0.05, 0) is 37.3 Å². The van der Waals surface area contributed by atoms with E-state index in [2.05, 4.69) is 4.98 Å². The lowest BCUT2D eigenvalue weighted by Crippen LogP contribution is -2.41. The summed E-state index contributed by atoms with van der Waals surface area (Å²) in [5.74, 6) is -0.572. The maximum Gasteiger partial charge on any atom is 0.328 e. The number of carbonyl (C=O) groups is 2. The number of hydrogen-bond donors (Lipinski definition) is 1. The van der Waals surface area contributed by atoms with Crippen molar-refractivity contribution in [1.29, 1.82) is 0 Å². The predicted molar refractivity (Wildman–Crippen MR) is 105 cm³/mol. The number of H-pyrrole nitrogens is 1. The van der Waals surface area contributed by atoms with Crippen LogP contribution in [-0.4, -0.2) is 32.8 Å². The van der Waals surface area contributed by atoms with Crippen molar-refractivity contribution in [3.05, 3.63) is 80.1 Å². The number of unbranched alkanes of at least 4 members (excludes halogenated alkanes) is 1. The topological polar surface area (TPSA) is 92.2 Å². The van der Waals surface area contributed by atoms with Gasteiger partial charge in [0, 0.05) is 41.4 Å². The van der Waals surface area contributed by atoms with Gasteiger partial charge in [0.2, 0.25) is 0 Å². The molecule has 0 bridgehead atoms. The van der Waals surface area contributed by atoms with Gasteiger partial charge in [0.05, 0.1) is 0 Å². The summed E-state index contributed by atoms with van der Waals surface area (Å²) in [5.41, 5.74) is 0.700. The Kier molecular flexibility index (Phi) is 4.43. The normalized spacial score (nSPS) is 13.4. The molecule has 1 N–H and O–H groups in total. The molecule has 142 valence electrons. The number of aromatic nitrogens is 2. The van der Waals surface area contributed by atoms with Crippen LogP contribution in [0.4, 0.5) is 0 Å². The number of hydrogen-bond acceptors (Lipinski definition) is 4. The average molecular weight is 377 g/mol. The van der Waals surface area contributed by atoms with E-state index in [1.807, 2.05) is 24.3 Å². The Bertz CT molecular complexity index is 1170. The fourth-order valence-electron chi connectivity index (χ4n) is 3.62. The number of carbonyl (C=O) groups excluding carboxylic acids is 2. The van der Waals surface area contributed by atoms with E-state index in [0.29, 0.717) is 41.5 Å². The van der Waals surface area contributed by atoms with E-state index < -0.39 is 11.2 Å². The summed E-state index contributed by atoms with van der Waals surface area (Å²) >= 11 is 0. The van der Waals surface area contributed by atoms with Gasteiger partial charge in [-0.15, -0.1) is 0 Å². The van der Waals surface area contributed by atoms with Crippen molar-refractivity contribution in [2.24, 2.45) is 0 Å². The molecule has 0 spiro atoms. The second kappa shape index (κ2) is 6.92. The number of nitrogens with zero attached hydrogens (tertiary/aromatic N) is 2. The van der Waals surface area contributed by atoms with Crippen LogP contribution < -0.4 is 11.2 Å². The van der Waals surface area contributed by atoms with Crippen molar-refractivity contribution in [2.45, 2.75) is 26.3 Å². The van der Waals surface area contributed by atoms with Gasteiger partial charge in [-0.25, -0.2) is 4.79 Å². The molecule has 0 saturated heterocycles. The van der Waals surface area contributed by atoms with Crippen molar-refractivity contribution in [3.8, 4) is 0 Å². The van der Waals surface area contributed by atoms with E-state index in [0.717, 1.165) is 5.39 Å². The van der Waals surface area contributed by atoms with Gasteiger partial charge in [0.15, 0.2) is 0 Å². The second-order valence-electron chi connectivity index (χ2n) is 6.94. The summed E-state index contributed by atoms with van der Waals surface area (Å²) in [5, 5.41) is 1.59. The molecule has 0 radical (unpaired) electrons. The van der Waals surface area contributed by atoms with E-state index in [-0.39, 0.29) is 18.4 Å². The van der Waals surface area contributed by atoms with Crippen LogP contribution in [0.3, 0.4) is 0 Å². The Balaban J connectivity index is 1.49. The van der Waals surface area contributed by atoms with Gasteiger partial charge in [-0.3, -0.25) is 24.3 Å². The zero-order valence-electron chi connectivity index (χ0n) is 15.4. The van der Waals surface area contributed by atoms with E-state index in [4.69, 9.17) is 0 Å². The Morgan fingerprint density at radius 2 is 1.46 bits per heavy atom. The highest BCUT2D eigenvalue weighted by molar-refractivity contribution is 6.25. The number of nitrogens with one attached hydrogen (secondary N) is 1. The van der Waals surface area contributed by atoms with Crippen LogP contribution in [0.5, 0.6) is 0 Å². The molecule has 2 heterocycles. The Morgan fingerprint density at radius 3 is 2.11 bits per heavy atom. The highest BCUT2D eigenvalue weighted by Crippen LogP contribution is 2.29. The molecule has 7 nitrogen and oxygen atoms in total. The van der Waals surface area contributed by atoms with E-state index in [9.17, 15) is 19.2 Å². The van der Waals surface area contributed by atoms with Gasteiger partial charge in [0.25, 0.3) is 17.4 Å². The summed E-state index contributed by atoms with van der Waals surface area (Å²) in [6.45, 7) is 2.32. The number of rotatable bonds is 5. The van der Waals surface area contributed by atoms with Gasteiger partial charge in [-0.2, -0.15) is 0 Å². The number of aromatic amines is 1. The lowest BCUT2D eigenvalue weighted by atomic mass is 9.94. The summed E-state index contributed by atoms with van der Waals surface area (Å²) in [6.07, 6.45) is 2.67. The molecule has 28 heavy (non-hydrogen) atoms. The van der Waals surface area contributed by atoms with Crippen molar-refractivity contribution in [3.63, 3.8) is 0 Å². The Hall–Kier alpha value is -3.48. The largest absolute Gasteiger partial charge is 0.328 e. The molecular formula is C21H19N3O4. The van der Waals surface area contributed by atoms with E-state index in [1.54, 1.807) is 19.1 Å². The first kappa shape index (κ1) is 17.9. The van der Waals surface area contributed by atoms with Crippen molar-refractivity contribution < 1.29 is 9.59 Å². The molecule has 7 heteroatoms. The van der Waals surface area contributed by atoms with Crippen LogP contribution in [0.1, 0.15) is 39.1 Å². The third-order valence-corrected chi connectivity index (χ3v) is 5.08. The quantitative estimate of drug-likeness (QED) is 0.544. The molecule has 2 amide bonds. The molecule has 0 saturated carbocycles. The zero-order valence-corrected chi connectivity index (χ0v) is 15.4. The smallest absolute Gasteiger partial charge is 0.300 e. The summed E-state index contributed by atoms with van der Waals surface area (Å²) < 4.78 is 1.44. The molecule has 1 aliphatic heterocycles. The highest BCUT2D eigenvalue weighted by atomic mass is 16.2. The molecule has 1 aliphatic rings. The SMILES string of the molecule is Cc1cn(CCCCN2C(=O)c3cccc4cccc(c34)C2=O)c(=O)[nH]c1=O. The van der Waals surface area contributed by atoms with E-state index >= 15 is 0 Å². The van der Waals surface area contributed by atoms with Crippen molar-refractivity contribution in [1.82, 2.24) is 14.5 Å². The molecule has 1 aromatic heterocycles. The number of benzene rings is 2. The van der Waals surface area contributed by atoms with Crippen LogP contribution in [0, 0.1) is 6.92 Å². The van der Waals surface area contributed by atoms with Crippen LogP contribution in [0.15, 0.2) is 52.2 Å². The zero-order chi connectivity index (χ0) is 19.8. The fourth-order valence-corrected chi connectivity index (χ4v) is 3.62. The first-order chi connectivity index (χ1) is 13.5. The molecule has 0 atom stereocenters. The fraction of sp³-hybridized carbons (Fsp3) is 0.238. The molecule has 3 aromatic rings. The first-order valence-electron chi connectivity index (χ1n) is 9.15. The van der Waals surface area contributed by atoms with Gasteiger partial charge < -0.3 is 4.57 Å². The number of aryl methyl sites for hydroxylation is 2. The molecular weight excluding hydrogens is 358 g/mol. The Labute approximate surface area is 160 Å². The highest BCUT2D eigenvalue weighted by Gasteiger charge is 2.31. The summed E-state index contributed by atoms with van der Waals surface area (Å²) in [7, 11) is 0. The number of imide groups is 1. The standard InChI is InChI=1S/C21H19N3O4/c1-13-12-23(21(28)22-18(13)25)10-2-3-11-24-19(26)15-8-4-6-14-7-5-9-16(17(14)15)20(24)27/h4-9,12H,2-3,10-11H2,1H3,(H,22,25,28). The molecule has 2 aromatic carbocycles. The van der Waals surface area contributed by atoms with Crippen LogP contribution in [-0.2, 0) is 6.54 Å². The second-order valence-corrected chi connectivity index (χ2v) is 6.94. The predicted octanol–water partition coefficient (Wildman–Crippen LogP) is 2.07. The number of amides is 2. The monoisotopic (exact) mass is 377 g/mol. The molecule has 0 fully saturated rings. The lowest BCUT2D eigenvalue weighted by molar-refractivity contribution is 0.0607. The third-order valence-electron chi connectivity index (χ3n) is 5.08. The van der Waals surface area contributed by atoms with Crippen LogP contribution >= 0.6 is 0 Å². The molecule has 0 aliphatic carbocycles. The minimum absolute atomic E-state index is 0.277. The van der Waals surface area contributed by atoms with Gasteiger partial charge >= 0.3 is 5.69 Å². The minimum Gasteiger partial charge on any atom is -0.300 e. The average Bonchev–Trinajstić information content (AvgIpc) is 2.69. The van der Waals surface area contributed by atoms with Crippen LogP contribution in [0.25, 0.3) is 10.8 Å². The first-order valence-corrected chi connectivity index (χ1v) is 9.15. The lowest BCUT2D eigenvalue weighted by Gasteiger charge is -2.27. The van der Waals surface area contributed by atoms with Gasteiger partial charge in [-0.1, -0.05) is 24.3 Å². The minimum atomic E-state index is -0.457. The van der Waals surface area contributed by atoms with Crippen molar-refractivity contribution in [2.75, 3.05) is 6.54 Å². The summed E-state index contributed by atoms with van der Waals surface area (Å²) in [6, 6.07) is 10.9. The van der Waals surface area contributed by atoms with Crippen molar-refractivity contribution >= 4 is 22.6 Å². The summed E-state index contributed by atoms with van der Waals surface area (Å²) in [4.78, 5) is 52.4. The van der Waals surface area contributed by atoms with Gasteiger partial charge in [0.1, 0.15) is 0 Å². The Morgan fingerprint density at radius 1 is 0.857 bits per heavy atom. The van der Waals surface area contributed by atoms with Crippen LogP contribution in [0.2, 0.25) is 0 Å². The third kappa shape index (κ3) is 2.94. The van der Waals surface area contributed by atoms with E-state index in [1.165, 1.54) is 15.7 Å². The maximum atomic E-state index is 12.8. The maximum absolute atomic E-state index is 12.8. The molecule has 4 rings (SSSR count).